The van der Waals surface area contributed by atoms with Crippen molar-refractivity contribution in [3.8, 4) is 11.8 Å². The van der Waals surface area contributed by atoms with Crippen molar-refractivity contribution in [2.75, 3.05) is 5.73 Å². The van der Waals surface area contributed by atoms with Gasteiger partial charge in [-0.2, -0.15) is 10.4 Å². The summed E-state index contributed by atoms with van der Waals surface area (Å²) >= 11 is 2.29. The molecule has 0 aliphatic carbocycles. The van der Waals surface area contributed by atoms with E-state index in [9.17, 15) is 0 Å². The van der Waals surface area contributed by atoms with Crippen molar-refractivity contribution < 1.29 is 0 Å². The number of benzene rings is 1. The predicted octanol–water partition coefficient (Wildman–Crippen LogP) is 2.26. The van der Waals surface area contributed by atoms with E-state index in [2.05, 4.69) is 27.7 Å². The zero-order chi connectivity index (χ0) is 11.5. The fourth-order valence-corrected chi connectivity index (χ4v) is 2.11. The Kier molecular flexibility index (Phi) is 3.10. The first kappa shape index (κ1) is 11.0. The molecule has 1 heterocycles. The number of anilines is 1. The summed E-state index contributed by atoms with van der Waals surface area (Å²) < 4.78 is 2.47. The highest BCUT2D eigenvalue weighted by Gasteiger charge is 2.10. The molecule has 0 saturated carbocycles. The van der Waals surface area contributed by atoms with Gasteiger partial charge in [-0.1, -0.05) is 40.8 Å². The maximum Gasteiger partial charge on any atom is 0.145 e. The molecule has 5 heteroatoms. The molecule has 0 atom stereocenters. The van der Waals surface area contributed by atoms with Crippen LogP contribution >= 0.6 is 22.6 Å². The first-order valence-electron chi connectivity index (χ1n) is 4.65. The lowest BCUT2D eigenvalue weighted by Gasteiger charge is -2.08. The maximum absolute atomic E-state index is 8.82. The normalized spacial score (nSPS) is 10.0. The molecule has 0 saturated heterocycles. The molecule has 80 valence electrons. The molecule has 0 aliphatic heterocycles. The SMILES string of the molecule is N#Cc1cnn(-c2ccccc2CI)c1N. The molecule has 0 amide bonds. The van der Waals surface area contributed by atoms with E-state index in [0.717, 1.165) is 15.7 Å². The van der Waals surface area contributed by atoms with Gasteiger partial charge in [-0.25, -0.2) is 4.68 Å². The summed E-state index contributed by atoms with van der Waals surface area (Å²) in [5, 5.41) is 13.0. The minimum atomic E-state index is 0.389. The highest BCUT2D eigenvalue weighted by atomic mass is 127. The second-order valence-electron chi connectivity index (χ2n) is 3.23. The maximum atomic E-state index is 8.82. The molecule has 0 spiro atoms. The molecule has 16 heavy (non-hydrogen) atoms. The zero-order valence-corrected chi connectivity index (χ0v) is 10.5. The van der Waals surface area contributed by atoms with Gasteiger partial charge in [-0.05, 0) is 11.6 Å². The van der Waals surface area contributed by atoms with Gasteiger partial charge in [0.25, 0.3) is 0 Å². The number of aromatic nitrogens is 2. The number of nitrogen functional groups attached to an aromatic ring is 1. The third-order valence-corrected chi connectivity index (χ3v) is 3.11. The Bertz CT molecular complexity index is 553. The smallest absolute Gasteiger partial charge is 0.145 e. The van der Waals surface area contributed by atoms with Crippen LogP contribution in [0.2, 0.25) is 0 Å². The van der Waals surface area contributed by atoms with Crippen LogP contribution in [-0.4, -0.2) is 9.78 Å². The fraction of sp³-hybridized carbons (Fsp3) is 0.0909. The molecule has 1 aromatic heterocycles. The van der Waals surface area contributed by atoms with E-state index in [0.29, 0.717) is 11.4 Å². The zero-order valence-electron chi connectivity index (χ0n) is 8.39. The average molecular weight is 324 g/mol. The highest BCUT2D eigenvalue weighted by molar-refractivity contribution is 14.1. The molecule has 0 bridgehead atoms. The van der Waals surface area contributed by atoms with Gasteiger partial charge in [0.1, 0.15) is 17.5 Å². The lowest BCUT2D eigenvalue weighted by atomic mass is 10.2. The van der Waals surface area contributed by atoms with Gasteiger partial charge in [0.15, 0.2) is 0 Å². The third-order valence-electron chi connectivity index (χ3n) is 2.29. The summed E-state index contributed by atoms with van der Waals surface area (Å²) in [6.45, 7) is 0. The lowest BCUT2D eigenvalue weighted by molar-refractivity contribution is 0.883. The van der Waals surface area contributed by atoms with E-state index < -0.39 is 0 Å². The Labute approximate surface area is 107 Å². The van der Waals surface area contributed by atoms with Gasteiger partial charge in [0, 0.05) is 4.43 Å². The standard InChI is InChI=1S/C11H9IN4/c12-5-8-3-1-2-4-10(8)16-11(14)9(6-13)7-15-16/h1-4,7H,5,14H2. The van der Waals surface area contributed by atoms with Crippen LogP contribution in [0, 0.1) is 11.3 Å². The van der Waals surface area contributed by atoms with Gasteiger partial charge in [0.2, 0.25) is 0 Å². The van der Waals surface area contributed by atoms with Crippen LogP contribution in [-0.2, 0) is 4.43 Å². The van der Waals surface area contributed by atoms with Crippen LogP contribution in [0.5, 0.6) is 0 Å². The minimum Gasteiger partial charge on any atom is -0.382 e. The first-order valence-corrected chi connectivity index (χ1v) is 6.18. The fourth-order valence-electron chi connectivity index (χ4n) is 1.47. The Morgan fingerprint density at radius 3 is 2.81 bits per heavy atom. The summed E-state index contributed by atoms with van der Waals surface area (Å²) in [6.07, 6.45) is 1.49. The van der Waals surface area contributed by atoms with Crippen LogP contribution in [0.3, 0.4) is 0 Å². The van der Waals surface area contributed by atoms with Crippen molar-refractivity contribution in [1.82, 2.24) is 9.78 Å². The van der Waals surface area contributed by atoms with Crippen molar-refractivity contribution in [1.29, 1.82) is 5.26 Å². The first-order chi connectivity index (χ1) is 7.77. The summed E-state index contributed by atoms with van der Waals surface area (Å²) in [4.78, 5) is 0. The Balaban J connectivity index is 2.59. The minimum absolute atomic E-state index is 0.389. The van der Waals surface area contributed by atoms with Gasteiger partial charge < -0.3 is 5.73 Å². The van der Waals surface area contributed by atoms with Crippen molar-refractivity contribution in [2.45, 2.75) is 4.43 Å². The molecule has 0 fully saturated rings. The monoisotopic (exact) mass is 324 g/mol. The number of nitrogens with zero attached hydrogens (tertiary/aromatic N) is 3. The van der Waals surface area contributed by atoms with E-state index in [1.165, 1.54) is 6.20 Å². The second kappa shape index (κ2) is 4.53. The number of hydrogen-bond acceptors (Lipinski definition) is 3. The van der Waals surface area contributed by atoms with Crippen molar-refractivity contribution in [3.63, 3.8) is 0 Å². The molecule has 0 unspecified atom stereocenters. The van der Waals surface area contributed by atoms with E-state index in [1.54, 1.807) is 4.68 Å². The van der Waals surface area contributed by atoms with Crippen LogP contribution in [0.4, 0.5) is 5.82 Å². The number of rotatable bonds is 2. The Morgan fingerprint density at radius 2 is 2.19 bits per heavy atom. The van der Waals surface area contributed by atoms with Gasteiger partial charge in [-0.3, -0.25) is 0 Å². The topological polar surface area (TPSA) is 67.6 Å². The number of hydrogen-bond donors (Lipinski definition) is 1. The summed E-state index contributed by atoms with van der Waals surface area (Å²) in [6, 6.07) is 9.88. The number of nitriles is 1. The average Bonchev–Trinajstić information content (AvgIpc) is 2.70. The molecule has 2 N–H and O–H groups in total. The molecule has 0 radical (unpaired) electrons. The third kappa shape index (κ3) is 1.76. The Hall–Kier alpha value is -1.55. The van der Waals surface area contributed by atoms with Gasteiger partial charge >= 0.3 is 0 Å². The second-order valence-corrected chi connectivity index (χ2v) is 3.99. The van der Waals surface area contributed by atoms with Gasteiger partial charge in [0.05, 0.1) is 11.9 Å². The molecular weight excluding hydrogens is 315 g/mol. The van der Waals surface area contributed by atoms with Crippen LogP contribution < -0.4 is 5.73 Å². The molecule has 1 aromatic carbocycles. The van der Waals surface area contributed by atoms with Crippen molar-refractivity contribution in [3.05, 3.63) is 41.6 Å². The van der Waals surface area contributed by atoms with E-state index in [-0.39, 0.29) is 0 Å². The molecule has 2 rings (SSSR count). The summed E-state index contributed by atoms with van der Waals surface area (Å²) in [7, 11) is 0. The number of para-hydroxylation sites is 1. The molecule has 4 nitrogen and oxygen atoms in total. The van der Waals surface area contributed by atoms with E-state index in [4.69, 9.17) is 11.0 Å². The van der Waals surface area contributed by atoms with Gasteiger partial charge in [-0.15, -0.1) is 0 Å². The van der Waals surface area contributed by atoms with Crippen LogP contribution in [0.1, 0.15) is 11.1 Å². The molecular formula is C11H9IN4. The van der Waals surface area contributed by atoms with Crippen molar-refractivity contribution in [2.24, 2.45) is 0 Å². The molecule has 0 aliphatic rings. The Morgan fingerprint density at radius 1 is 1.44 bits per heavy atom. The van der Waals surface area contributed by atoms with Crippen molar-refractivity contribution >= 4 is 28.4 Å². The summed E-state index contributed by atoms with van der Waals surface area (Å²) in [5.41, 5.74) is 8.32. The highest BCUT2D eigenvalue weighted by Crippen LogP contribution is 2.21. The predicted molar refractivity (Wildman–Crippen MR) is 70.4 cm³/mol. The lowest BCUT2D eigenvalue weighted by Crippen LogP contribution is -2.04. The number of alkyl halides is 1. The quantitative estimate of drug-likeness (QED) is 0.681. The van der Waals surface area contributed by atoms with Crippen LogP contribution in [0.25, 0.3) is 5.69 Å². The van der Waals surface area contributed by atoms with E-state index >= 15 is 0 Å². The van der Waals surface area contributed by atoms with Crippen LogP contribution in [0.15, 0.2) is 30.5 Å². The molecule has 2 aromatic rings. The summed E-state index contributed by atoms with van der Waals surface area (Å²) in [5.74, 6) is 0.389. The largest absolute Gasteiger partial charge is 0.382 e. The number of nitrogens with two attached hydrogens (primary N) is 1. The van der Waals surface area contributed by atoms with E-state index in [1.807, 2.05) is 30.3 Å². The number of halogens is 1.